The molecule has 3 heterocycles. The quantitative estimate of drug-likeness (QED) is 0.265. The molecule has 0 N–H and O–H groups in total. The molecule has 0 spiro atoms. The van der Waals surface area contributed by atoms with Crippen LogP contribution in [-0.2, 0) is 6.54 Å². The first kappa shape index (κ1) is 20.8. The molecule has 0 amide bonds. The zero-order valence-corrected chi connectivity index (χ0v) is 19.4. The molecule has 0 bridgehead atoms. The molecule has 1 aromatic carbocycles. The first-order chi connectivity index (χ1) is 15.5. The van der Waals surface area contributed by atoms with E-state index in [9.17, 15) is 4.79 Å². The van der Waals surface area contributed by atoms with Crippen LogP contribution < -0.4 is 0 Å². The molecule has 1 saturated carbocycles. The molecule has 1 fully saturated rings. The topological polar surface area (TPSA) is 65.8 Å². The maximum absolute atomic E-state index is 13.2. The number of carbonyl (C=O) groups excluding carboxylic acids is 1. The highest BCUT2D eigenvalue weighted by molar-refractivity contribution is 7.99. The van der Waals surface area contributed by atoms with Crippen LogP contribution in [0.25, 0.3) is 5.69 Å². The zero-order valence-electron chi connectivity index (χ0n) is 18.5. The second kappa shape index (κ2) is 8.47. The van der Waals surface area contributed by atoms with Crippen LogP contribution in [0.15, 0.2) is 58.3 Å². The van der Waals surface area contributed by atoms with E-state index in [0.29, 0.717) is 18.2 Å². The fraction of sp³-hybridized carbons (Fsp3) is 0.320. The van der Waals surface area contributed by atoms with Gasteiger partial charge in [0.25, 0.3) is 0 Å². The van der Waals surface area contributed by atoms with E-state index in [4.69, 9.17) is 4.42 Å². The van der Waals surface area contributed by atoms with E-state index in [1.54, 1.807) is 6.26 Å². The van der Waals surface area contributed by atoms with E-state index in [1.807, 2.05) is 32.0 Å². The van der Waals surface area contributed by atoms with Gasteiger partial charge in [-0.3, -0.25) is 9.36 Å². The number of Topliss-reactive ketones (excluding diaryl/α,β-unsaturated/α-hetero) is 1. The Morgan fingerprint density at radius 2 is 1.91 bits per heavy atom. The van der Waals surface area contributed by atoms with Gasteiger partial charge < -0.3 is 8.98 Å². The third-order valence-corrected chi connectivity index (χ3v) is 6.90. The molecule has 7 heteroatoms. The van der Waals surface area contributed by atoms with E-state index in [-0.39, 0.29) is 5.78 Å². The van der Waals surface area contributed by atoms with Crippen LogP contribution >= 0.6 is 11.8 Å². The summed E-state index contributed by atoms with van der Waals surface area (Å²) in [5, 5.41) is 9.60. The molecule has 32 heavy (non-hydrogen) atoms. The van der Waals surface area contributed by atoms with Gasteiger partial charge in [0.1, 0.15) is 11.6 Å². The third kappa shape index (κ3) is 4.05. The van der Waals surface area contributed by atoms with Crippen molar-refractivity contribution in [3.63, 3.8) is 0 Å². The van der Waals surface area contributed by atoms with Crippen LogP contribution in [0.2, 0.25) is 0 Å². The number of aromatic nitrogens is 4. The minimum Gasteiger partial charge on any atom is -0.467 e. The number of hydrogen-bond donors (Lipinski definition) is 0. The summed E-state index contributed by atoms with van der Waals surface area (Å²) in [6.07, 6.45) is 3.96. The average molecular weight is 447 g/mol. The van der Waals surface area contributed by atoms with E-state index in [0.717, 1.165) is 52.2 Å². The van der Waals surface area contributed by atoms with Crippen molar-refractivity contribution in [1.82, 2.24) is 19.3 Å². The number of aryl methyl sites for hydroxylation is 2. The lowest BCUT2D eigenvalue weighted by atomic mass is 10.2. The monoisotopic (exact) mass is 446 g/mol. The highest BCUT2D eigenvalue weighted by Crippen LogP contribution is 2.40. The highest BCUT2D eigenvalue weighted by Gasteiger charge is 2.31. The molecule has 5 rings (SSSR count). The molecular weight excluding hydrogens is 420 g/mol. The number of rotatable bonds is 8. The van der Waals surface area contributed by atoms with Crippen LogP contribution in [0.4, 0.5) is 0 Å². The third-order valence-electron chi connectivity index (χ3n) is 5.94. The van der Waals surface area contributed by atoms with Gasteiger partial charge >= 0.3 is 0 Å². The van der Waals surface area contributed by atoms with Gasteiger partial charge in [0, 0.05) is 28.6 Å². The van der Waals surface area contributed by atoms with Crippen molar-refractivity contribution in [3.05, 3.63) is 82.8 Å². The average Bonchev–Trinajstić information content (AvgIpc) is 3.21. The van der Waals surface area contributed by atoms with Gasteiger partial charge in [0.2, 0.25) is 0 Å². The van der Waals surface area contributed by atoms with Crippen LogP contribution in [-0.4, -0.2) is 30.9 Å². The minimum absolute atomic E-state index is 0.0991. The number of thioether (sulfide) groups is 1. The van der Waals surface area contributed by atoms with Crippen molar-refractivity contribution in [1.29, 1.82) is 0 Å². The summed E-state index contributed by atoms with van der Waals surface area (Å²) >= 11 is 1.45. The van der Waals surface area contributed by atoms with Crippen LogP contribution in [0.1, 0.15) is 57.7 Å². The molecular formula is C25H26N4O2S. The molecule has 3 aromatic heterocycles. The first-order valence-electron chi connectivity index (χ1n) is 10.9. The maximum atomic E-state index is 13.2. The number of benzene rings is 1. The van der Waals surface area contributed by atoms with E-state index in [2.05, 4.69) is 50.5 Å². The summed E-state index contributed by atoms with van der Waals surface area (Å²) in [5.74, 6) is 2.74. The number of nitrogens with zero attached hydrogens (tertiary/aromatic N) is 4. The first-order valence-corrected chi connectivity index (χ1v) is 11.9. The van der Waals surface area contributed by atoms with Crippen LogP contribution in [0, 0.1) is 20.8 Å². The summed E-state index contributed by atoms with van der Waals surface area (Å²) in [6, 6.07) is 14.2. The molecule has 164 valence electrons. The molecule has 4 aromatic rings. The Kier molecular flexibility index (Phi) is 5.51. The molecule has 0 radical (unpaired) electrons. The van der Waals surface area contributed by atoms with Crippen molar-refractivity contribution in [3.8, 4) is 5.69 Å². The number of ketones is 1. The molecule has 0 unspecified atom stereocenters. The summed E-state index contributed by atoms with van der Waals surface area (Å²) in [4.78, 5) is 13.2. The van der Waals surface area contributed by atoms with Crippen molar-refractivity contribution < 1.29 is 9.21 Å². The Balaban J connectivity index is 1.35. The highest BCUT2D eigenvalue weighted by atomic mass is 32.2. The second-order valence-electron chi connectivity index (χ2n) is 8.45. The molecule has 1 aliphatic carbocycles. The van der Waals surface area contributed by atoms with Gasteiger partial charge in [0.15, 0.2) is 10.9 Å². The number of furan rings is 1. The standard InChI is InChI=1S/C25H26N4O2S/c1-16-6-10-20(11-7-16)29-17(2)13-22(18(29)3)23(30)15-32-25-27-26-24(19-8-9-19)28(25)14-21-5-4-12-31-21/h4-7,10-13,19H,8-9,14-15H2,1-3H3. The van der Waals surface area contributed by atoms with E-state index >= 15 is 0 Å². The summed E-state index contributed by atoms with van der Waals surface area (Å²) in [6.45, 7) is 6.71. The largest absolute Gasteiger partial charge is 0.467 e. The summed E-state index contributed by atoms with van der Waals surface area (Å²) in [7, 11) is 0. The lowest BCUT2D eigenvalue weighted by molar-refractivity contribution is 0.102. The van der Waals surface area contributed by atoms with Crippen LogP contribution in [0.3, 0.4) is 0 Å². The fourth-order valence-corrected chi connectivity index (χ4v) is 4.93. The SMILES string of the molecule is Cc1ccc(-n2c(C)cc(C(=O)CSc3nnc(C4CC4)n3Cc3ccco3)c2C)cc1. The van der Waals surface area contributed by atoms with Gasteiger partial charge in [-0.25, -0.2) is 0 Å². The lowest BCUT2D eigenvalue weighted by Gasteiger charge is -2.10. The molecule has 1 aliphatic rings. The van der Waals surface area contributed by atoms with Crippen LogP contribution in [0.5, 0.6) is 0 Å². The van der Waals surface area contributed by atoms with Gasteiger partial charge in [-0.15, -0.1) is 10.2 Å². The fourth-order valence-electron chi connectivity index (χ4n) is 4.10. The van der Waals surface area contributed by atoms with Crippen molar-refractivity contribution >= 4 is 17.5 Å². The lowest BCUT2D eigenvalue weighted by Crippen LogP contribution is -2.08. The Morgan fingerprint density at radius 1 is 1.12 bits per heavy atom. The van der Waals surface area contributed by atoms with Gasteiger partial charge in [-0.2, -0.15) is 0 Å². The number of hydrogen-bond acceptors (Lipinski definition) is 5. The Morgan fingerprint density at radius 3 is 2.59 bits per heavy atom. The Bertz CT molecular complexity index is 1250. The molecule has 0 saturated heterocycles. The molecule has 6 nitrogen and oxygen atoms in total. The second-order valence-corrected chi connectivity index (χ2v) is 9.39. The van der Waals surface area contributed by atoms with Crippen molar-refractivity contribution in [2.45, 2.75) is 51.2 Å². The summed E-state index contributed by atoms with van der Waals surface area (Å²) in [5.41, 5.74) is 5.07. The minimum atomic E-state index is 0.0991. The predicted octanol–water partition coefficient (Wildman–Crippen LogP) is 5.49. The Labute approximate surface area is 191 Å². The zero-order chi connectivity index (χ0) is 22.2. The summed E-state index contributed by atoms with van der Waals surface area (Å²) < 4.78 is 9.78. The van der Waals surface area contributed by atoms with Gasteiger partial charge in [0.05, 0.1) is 18.6 Å². The van der Waals surface area contributed by atoms with Crippen molar-refractivity contribution in [2.75, 3.05) is 5.75 Å². The van der Waals surface area contributed by atoms with E-state index in [1.165, 1.54) is 17.3 Å². The molecule has 0 aliphatic heterocycles. The van der Waals surface area contributed by atoms with Gasteiger partial charge in [-0.1, -0.05) is 29.5 Å². The maximum Gasteiger partial charge on any atom is 0.192 e. The van der Waals surface area contributed by atoms with E-state index < -0.39 is 0 Å². The predicted molar refractivity (Wildman–Crippen MR) is 125 cm³/mol. The van der Waals surface area contributed by atoms with Gasteiger partial charge in [-0.05, 0) is 63.9 Å². The normalized spacial score (nSPS) is 13.6. The smallest absolute Gasteiger partial charge is 0.192 e. The van der Waals surface area contributed by atoms with Crippen molar-refractivity contribution in [2.24, 2.45) is 0 Å². The Hall–Kier alpha value is -3.06. The number of carbonyl (C=O) groups is 1. The molecule has 0 atom stereocenters.